The maximum absolute atomic E-state index is 12.7. The van der Waals surface area contributed by atoms with Crippen LogP contribution < -0.4 is 5.32 Å². The Morgan fingerprint density at radius 2 is 2.06 bits per heavy atom. The number of carbonyl (C=O) groups excluding carboxylic acids is 1. The van der Waals surface area contributed by atoms with Crippen LogP contribution in [-0.2, 0) is 17.8 Å². The van der Waals surface area contributed by atoms with Crippen LogP contribution in [0.5, 0.6) is 0 Å². The molecule has 1 aromatic carbocycles. The minimum atomic E-state index is -0.0859. The first kappa shape index (κ1) is 20.0. The summed E-state index contributed by atoms with van der Waals surface area (Å²) < 4.78 is 3.82. The van der Waals surface area contributed by atoms with Gasteiger partial charge >= 0.3 is 0 Å². The average Bonchev–Trinajstić information content (AvgIpc) is 3.17. The highest BCUT2D eigenvalue weighted by Crippen LogP contribution is 2.40. The maximum atomic E-state index is 12.7. The number of thioether (sulfide) groups is 1. The summed E-state index contributed by atoms with van der Waals surface area (Å²) in [6.07, 6.45) is 4.97. The summed E-state index contributed by atoms with van der Waals surface area (Å²) in [5, 5.41) is 18.8. The van der Waals surface area contributed by atoms with Crippen molar-refractivity contribution in [1.82, 2.24) is 24.5 Å². The van der Waals surface area contributed by atoms with Gasteiger partial charge in [0.25, 0.3) is 0 Å². The van der Waals surface area contributed by atoms with Gasteiger partial charge in [-0.25, -0.2) is 4.68 Å². The van der Waals surface area contributed by atoms with Crippen molar-refractivity contribution in [2.24, 2.45) is 0 Å². The number of thiophene rings is 1. The second-order valence-corrected chi connectivity index (χ2v) is 9.42. The highest BCUT2D eigenvalue weighted by Gasteiger charge is 2.28. The number of nitrogens with zero attached hydrogens (tertiary/aromatic N) is 5. The predicted octanol–water partition coefficient (Wildman–Crippen LogP) is 4.38. The number of para-hydroxylation sites is 1. The molecule has 3 heterocycles. The topological polar surface area (TPSA) is 77.6 Å². The van der Waals surface area contributed by atoms with Crippen LogP contribution in [0, 0.1) is 0 Å². The molecule has 1 aliphatic carbocycles. The van der Waals surface area contributed by atoms with Crippen molar-refractivity contribution in [3.63, 3.8) is 0 Å². The first-order chi connectivity index (χ1) is 15.3. The van der Waals surface area contributed by atoms with E-state index in [-0.39, 0.29) is 11.7 Å². The molecule has 158 valence electrons. The van der Waals surface area contributed by atoms with Gasteiger partial charge in [0.1, 0.15) is 12.1 Å². The molecule has 0 unspecified atom stereocenters. The summed E-state index contributed by atoms with van der Waals surface area (Å²) in [6, 6.07) is 16.1. The normalized spacial score (nSPS) is 13.4. The lowest BCUT2D eigenvalue weighted by molar-refractivity contribution is -0.113. The Morgan fingerprint density at radius 1 is 1.19 bits per heavy atom. The second-order valence-electron chi connectivity index (χ2n) is 7.45. The van der Waals surface area contributed by atoms with Crippen molar-refractivity contribution in [2.45, 2.75) is 36.9 Å². The van der Waals surface area contributed by atoms with E-state index in [2.05, 4.69) is 33.0 Å². The molecule has 1 fully saturated rings. The average molecular weight is 451 g/mol. The van der Waals surface area contributed by atoms with E-state index < -0.39 is 0 Å². The molecule has 1 amide bonds. The van der Waals surface area contributed by atoms with E-state index in [0.717, 1.165) is 42.3 Å². The highest BCUT2D eigenvalue weighted by molar-refractivity contribution is 7.99. The largest absolute Gasteiger partial charge is 0.310 e. The van der Waals surface area contributed by atoms with Crippen LogP contribution in [0.2, 0.25) is 0 Å². The first-order valence-electron chi connectivity index (χ1n) is 10.2. The van der Waals surface area contributed by atoms with Crippen molar-refractivity contribution in [1.29, 1.82) is 0 Å². The number of rotatable bonds is 9. The van der Waals surface area contributed by atoms with E-state index >= 15 is 0 Å². The van der Waals surface area contributed by atoms with Gasteiger partial charge < -0.3 is 9.88 Å². The molecule has 0 saturated heterocycles. The van der Waals surface area contributed by atoms with Crippen LogP contribution in [0.15, 0.2) is 65.4 Å². The summed E-state index contributed by atoms with van der Waals surface area (Å²) in [5.41, 5.74) is 1.98. The molecular weight excluding hydrogens is 428 g/mol. The van der Waals surface area contributed by atoms with Gasteiger partial charge in [-0.2, -0.15) is 5.10 Å². The number of hydrogen-bond acceptors (Lipinski definition) is 6. The fraction of sp³-hybridized carbons (Fsp3) is 0.273. The van der Waals surface area contributed by atoms with Crippen LogP contribution in [0.25, 0.3) is 5.69 Å². The maximum Gasteiger partial charge on any atom is 0.236 e. The fourth-order valence-electron chi connectivity index (χ4n) is 3.34. The summed E-state index contributed by atoms with van der Waals surface area (Å²) >= 11 is 3.14. The highest BCUT2D eigenvalue weighted by atomic mass is 32.2. The van der Waals surface area contributed by atoms with E-state index in [1.807, 2.05) is 45.6 Å². The van der Waals surface area contributed by atoms with Crippen molar-refractivity contribution in [2.75, 3.05) is 11.1 Å². The molecule has 31 heavy (non-hydrogen) atoms. The third-order valence-corrected chi connectivity index (χ3v) is 7.00. The zero-order valence-electron chi connectivity index (χ0n) is 16.8. The van der Waals surface area contributed by atoms with Crippen molar-refractivity contribution >= 4 is 34.8 Å². The predicted molar refractivity (Wildman–Crippen MR) is 123 cm³/mol. The monoisotopic (exact) mass is 450 g/mol. The molecule has 5 rings (SSSR count). The lowest BCUT2D eigenvalue weighted by Gasteiger charge is -2.09. The van der Waals surface area contributed by atoms with Crippen LogP contribution in [-0.4, -0.2) is 36.2 Å². The lowest BCUT2D eigenvalue weighted by atomic mass is 10.3. The number of aromatic nitrogens is 5. The van der Waals surface area contributed by atoms with Gasteiger partial charge in [0.15, 0.2) is 5.16 Å². The molecular formula is C22H22N6OS2. The Labute approximate surface area is 188 Å². The van der Waals surface area contributed by atoms with Crippen molar-refractivity contribution < 1.29 is 4.79 Å². The number of aryl methyl sites for hydroxylation is 2. The quantitative estimate of drug-likeness (QED) is 0.383. The van der Waals surface area contributed by atoms with Gasteiger partial charge in [-0.1, -0.05) is 36.0 Å². The van der Waals surface area contributed by atoms with E-state index in [1.54, 1.807) is 17.7 Å². The fourth-order valence-corrected chi connectivity index (χ4v) is 4.78. The summed E-state index contributed by atoms with van der Waals surface area (Å²) in [5.74, 6) is 1.39. The van der Waals surface area contributed by atoms with Gasteiger partial charge in [-0.3, -0.25) is 4.79 Å². The van der Waals surface area contributed by atoms with Gasteiger partial charge in [0.05, 0.1) is 17.1 Å². The minimum absolute atomic E-state index is 0.0859. The molecule has 0 spiro atoms. The van der Waals surface area contributed by atoms with Crippen LogP contribution >= 0.6 is 23.1 Å². The summed E-state index contributed by atoms with van der Waals surface area (Å²) in [6.45, 7) is 0.795. The molecule has 0 aliphatic heterocycles. The number of hydrogen-bond donors (Lipinski definition) is 1. The van der Waals surface area contributed by atoms with Crippen LogP contribution in [0.3, 0.4) is 0 Å². The summed E-state index contributed by atoms with van der Waals surface area (Å²) in [4.78, 5) is 14.0. The van der Waals surface area contributed by atoms with E-state index in [9.17, 15) is 4.79 Å². The lowest BCUT2D eigenvalue weighted by Crippen LogP contribution is -2.17. The Hall–Kier alpha value is -2.91. The molecule has 0 bridgehead atoms. The molecule has 9 heteroatoms. The number of benzene rings is 1. The van der Waals surface area contributed by atoms with Crippen molar-refractivity contribution in [3.05, 3.63) is 70.8 Å². The SMILES string of the molecule is O=C(CSc1nncn1CCc1cccs1)Nc1cc(C2CC2)nn1-c1ccccc1. The number of anilines is 1. The van der Waals surface area contributed by atoms with E-state index in [4.69, 9.17) is 5.10 Å². The molecule has 1 aliphatic rings. The molecule has 7 nitrogen and oxygen atoms in total. The standard InChI is InChI=1S/C22H22N6OS2/c29-21(14-31-22-25-23-15-27(22)11-10-18-7-4-12-30-18)24-20-13-19(16-8-9-16)26-28(20)17-5-2-1-3-6-17/h1-7,12-13,15-16H,8-11,14H2,(H,24,29). The third-order valence-electron chi connectivity index (χ3n) is 5.08. The van der Waals surface area contributed by atoms with E-state index in [0.29, 0.717) is 11.7 Å². The second kappa shape index (κ2) is 9.07. The van der Waals surface area contributed by atoms with Crippen LogP contribution in [0.1, 0.15) is 29.3 Å². The number of amides is 1. The Bertz CT molecular complexity index is 1150. The number of carbonyl (C=O) groups is 1. The van der Waals surface area contributed by atoms with Gasteiger partial charge in [0.2, 0.25) is 5.91 Å². The number of nitrogens with one attached hydrogen (secondary N) is 1. The van der Waals surface area contributed by atoms with Gasteiger partial charge in [-0.15, -0.1) is 21.5 Å². The van der Waals surface area contributed by atoms with Gasteiger partial charge in [-0.05, 0) is 42.8 Å². The smallest absolute Gasteiger partial charge is 0.236 e. The Kier molecular flexibility index (Phi) is 5.86. The molecule has 0 radical (unpaired) electrons. The molecule has 3 aromatic heterocycles. The molecule has 1 N–H and O–H groups in total. The van der Waals surface area contributed by atoms with Crippen LogP contribution in [0.4, 0.5) is 5.82 Å². The minimum Gasteiger partial charge on any atom is -0.310 e. The zero-order chi connectivity index (χ0) is 21.0. The third kappa shape index (κ3) is 4.88. The molecule has 0 atom stereocenters. The van der Waals surface area contributed by atoms with Crippen molar-refractivity contribution in [3.8, 4) is 5.69 Å². The Balaban J connectivity index is 1.23. The first-order valence-corrected chi connectivity index (χ1v) is 12.1. The molecule has 4 aromatic rings. The summed E-state index contributed by atoms with van der Waals surface area (Å²) in [7, 11) is 0. The van der Waals surface area contributed by atoms with Gasteiger partial charge in [0, 0.05) is 23.4 Å². The Morgan fingerprint density at radius 3 is 2.84 bits per heavy atom. The molecule has 1 saturated carbocycles. The zero-order valence-corrected chi connectivity index (χ0v) is 18.5. The van der Waals surface area contributed by atoms with E-state index in [1.165, 1.54) is 16.6 Å².